The van der Waals surface area contributed by atoms with Gasteiger partial charge in [-0.3, -0.25) is 0 Å². The molecule has 2 heterocycles. The summed E-state index contributed by atoms with van der Waals surface area (Å²) < 4.78 is 5.91. The molecular formula is C13H18N2O. The van der Waals surface area contributed by atoms with E-state index >= 15 is 0 Å². The summed E-state index contributed by atoms with van der Waals surface area (Å²) in [5, 5.41) is 3.40. The average Bonchev–Trinajstić information content (AvgIpc) is 2.71. The zero-order chi connectivity index (χ0) is 11.0. The molecule has 0 saturated carbocycles. The van der Waals surface area contributed by atoms with Gasteiger partial charge in [0.1, 0.15) is 5.75 Å². The Hall–Kier alpha value is -1.22. The summed E-state index contributed by atoms with van der Waals surface area (Å²) in [4.78, 5) is 2.32. The van der Waals surface area contributed by atoms with Crippen LogP contribution in [0.4, 0.5) is 5.69 Å². The van der Waals surface area contributed by atoms with Gasteiger partial charge in [-0.25, -0.2) is 0 Å². The number of hydrogen-bond donors (Lipinski definition) is 1. The fourth-order valence-electron chi connectivity index (χ4n) is 2.57. The molecule has 16 heavy (non-hydrogen) atoms. The molecule has 1 fully saturated rings. The van der Waals surface area contributed by atoms with E-state index in [1.807, 2.05) is 0 Å². The van der Waals surface area contributed by atoms with Crippen molar-refractivity contribution in [1.29, 1.82) is 0 Å². The molecule has 0 unspecified atom stereocenters. The van der Waals surface area contributed by atoms with Gasteiger partial charge in [-0.05, 0) is 25.1 Å². The number of anilines is 1. The van der Waals surface area contributed by atoms with Crippen LogP contribution in [0.1, 0.15) is 5.56 Å². The zero-order valence-electron chi connectivity index (χ0n) is 9.70. The fraction of sp³-hybridized carbons (Fsp3) is 0.538. The Bertz CT molecular complexity index is 386. The van der Waals surface area contributed by atoms with E-state index in [2.05, 4.69) is 35.5 Å². The van der Waals surface area contributed by atoms with Gasteiger partial charge >= 0.3 is 0 Å². The minimum atomic E-state index is 0.710. The highest BCUT2D eigenvalue weighted by Gasteiger charge is 2.24. The zero-order valence-corrected chi connectivity index (χ0v) is 9.70. The van der Waals surface area contributed by atoms with Crippen LogP contribution in [0.25, 0.3) is 0 Å². The van der Waals surface area contributed by atoms with Crippen molar-refractivity contribution in [2.75, 3.05) is 38.6 Å². The van der Waals surface area contributed by atoms with Crippen molar-refractivity contribution in [3.8, 4) is 5.75 Å². The van der Waals surface area contributed by atoms with Gasteiger partial charge in [0.2, 0.25) is 0 Å². The molecule has 86 valence electrons. The Morgan fingerprint density at radius 2 is 2.31 bits per heavy atom. The van der Waals surface area contributed by atoms with Gasteiger partial charge in [0.15, 0.2) is 0 Å². The summed E-state index contributed by atoms with van der Waals surface area (Å²) in [7, 11) is 2.15. The third kappa shape index (κ3) is 1.76. The Kier molecular flexibility index (Phi) is 2.48. The Balaban J connectivity index is 1.64. The van der Waals surface area contributed by atoms with Gasteiger partial charge in [0.25, 0.3) is 0 Å². The van der Waals surface area contributed by atoms with Crippen molar-refractivity contribution in [3.63, 3.8) is 0 Å². The quantitative estimate of drug-likeness (QED) is 0.834. The van der Waals surface area contributed by atoms with Crippen LogP contribution in [0, 0.1) is 5.92 Å². The number of nitrogens with zero attached hydrogens (tertiary/aromatic N) is 1. The molecule has 3 nitrogen and oxygen atoms in total. The van der Waals surface area contributed by atoms with E-state index < -0.39 is 0 Å². The number of rotatable bonds is 3. The second-order valence-corrected chi connectivity index (χ2v) is 4.87. The van der Waals surface area contributed by atoms with E-state index in [0.717, 1.165) is 25.3 Å². The van der Waals surface area contributed by atoms with Crippen molar-refractivity contribution in [1.82, 2.24) is 4.90 Å². The first-order chi connectivity index (χ1) is 7.83. The molecule has 1 N–H and O–H groups in total. The molecule has 0 bridgehead atoms. The third-order valence-electron chi connectivity index (χ3n) is 3.42. The lowest BCUT2D eigenvalue weighted by atomic mass is 10.0. The lowest BCUT2D eigenvalue weighted by molar-refractivity contribution is 0.0860. The van der Waals surface area contributed by atoms with Crippen LogP contribution in [-0.2, 0) is 6.42 Å². The number of ether oxygens (including phenoxy) is 1. The first-order valence-electron chi connectivity index (χ1n) is 6.00. The smallest absolute Gasteiger partial charge is 0.142 e. The Morgan fingerprint density at radius 1 is 1.44 bits per heavy atom. The molecule has 1 aromatic carbocycles. The van der Waals surface area contributed by atoms with Gasteiger partial charge < -0.3 is 15.0 Å². The maximum absolute atomic E-state index is 5.91. The molecule has 3 heteroatoms. The third-order valence-corrected chi connectivity index (χ3v) is 3.42. The highest BCUT2D eigenvalue weighted by atomic mass is 16.5. The second kappa shape index (κ2) is 3.98. The van der Waals surface area contributed by atoms with Crippen LogP contribution in [0.5, 0.6) is 5.75 Å². The van der Waals surface area contributed by atoms with E-state index in [1.54, 1.807) is 0 Å². The number of hydrogen-bond acceptors (Lipinski definition) is 3. The topological polar surface area (TPSA) is 24.5 Å². The standard InChI is InChI=1S/C13H18N2O/c1-15-7-10(8-15)9-16-12-4-2-3-11-5-6-14-13(11)12/h2-4,10,14H,5-9H2,1H3. The fourth-order valence-corrected chi connectivity index (χ4v) is 2.57. The SMILES string of the molecule is CN1CC(COc2cccc3c2NCC3)C1. The number of nitrogens with one attached hydrogen (secondary N) is 1. The number of fused-ring (bicyclic) bond motifs is 1. The maximum atomic E-state index is 5.91. The van der Waals surface area contributed by atoms with E-state index in [-0.39, 0.29) is 0 Å². The van der Waals surface area contributed by atoms with Crippen LogP contribution < -0.4 is 10.1 Å². The van der Waals surface area contributed by atoms with Crippen molar-refractivity contribution < 1.29 is 4.74 Å². The van der Waals surface area contributed by atoms with E-state index in [1.165, 1.54) is 24.3 Å². The van der Waals surface area contributed by atoms with Crippen LogP contribution in [0.3, 0.4) is 0 Å². The average molecular weight is 218 g/mol. The van der Waals surface area contributed by atoms with Gasteiger partial charge in [0, 0.05) is 25.6 Å². The first-order valence-corrected chi connectivity index (χ1v) is 6.00. The molecular weight excluding hydrogens is 200 g/mol. The van der Waals surface area contributed by atoms with Gasteiger partial charge in [-0.15, -0.1) is 0 Å². The van der Waals surface area contributed by atoms with E-state index in [0.29, 0.717) is 5.92 Å². The lowest BCUT2D eigenvalue weighted by Crippen LogP contribution is -2.46. The molecule has 0 aromatic heterocycles. The lowest BCUT2D eigenvalue weighted by Gasteiger charge is -2.35. The minimum absolute atomic E-state index is 0.710. The van der Waals surface area contributed by atoms with Gasteiger partial charge in [0.05, 0.1) is 12.3 Å². The molecule has 0 atom stereocenters. The molecule has 0 radical (unpaired) electrons. The van der Waals surface area contributed by atoms with Crippen molar-refractivity contribution >= 4 is 5.69 Å². The summed E-state index contributed by atoms with van der Waals surface area (Å²) in [6, 6.07) is 6.34. The van der Waals surface area contributed by atoms with Crippen molar-refractivity contribution in [2.24, 2.45) is 5.92 Å². The summed E-state index contributed by atoms with van der Waals surface area (Å²) >= 11 is 0. The molecule has 0 aliphatic carbocycles. The monoisotopic (exact) mass is 218 g/mol. The first kappa shape index (κ1) is 9.97. The maximum Gasteiger partial charge on any atom is 0.142 e. The summed E-state index contributed by atoms with van der Waals surface area (Å²) in [5.74, 6) is 1.74. The summed E-state index contributed by atoms with van der Waals surface area (Å²) in [5.41, 5.74) is 2.61. The number of likely N-dealkylation sites (tertiary alicyclic amines) is 1. The normalized spacial score (nSPS) is 20.1. The molecule has 0 amide bonds. The summed E-state index contributed by atoms with van der Waals surface area (Å²) in [6.45, 7) is 4.23. The predicted octanol–water partition coefficient (Wildman–Crippen LogP) is 1.59. The molecule has 2 aliphatic rings. The summed E-state index contributed by atoms with van der Waals surface area (Å²) in [6.07, 6.45) is 1.12. The molecule has 0 spiro atoms. The highest BCUT2D eigenvalue weighted by Crippen LogP contribution is 2.33. The molecule has 1 saturated heterocycles. The van der Waals surface area contributed by atoms with Crippen LogP contribution >= 0.6 is 0 Å². The molecule has 3 rings (SSSR count). The molecule has 1 aromatic rings. The van der Waals surface area contributed by atoms with E-state index in [9.17, 15) is 0 Å². The van der Waals surface area contributed by atoms with Gasteiger partial charge in [-0.1, -0.05) is 12.1 Å². The Morgan fingerprint density at radius 3 is 3.12 bits per heavy atom. The number of benzene rings is 1. The highest BCUT2D eigenvalue weighted by molar-refractivity contribution is 5.65. The minimum Gasteiger partial charge on any atom is -0.491 e. The van der Waals surface area contributed by atoms with Gasteiger partial charge in [-0.2, -0.15) is 0 Å². The Labute approximate surface area is 96.4 Å². The van der Waals surface area contributed by atoms with Crippen molar-refractivity contribution in [2.45, 2.75) is 6.42 Å². The molecule has 2 aliphatic heterocycles. The van der Waals surface area contributed by atoms with Crippen LogP contribution in [0.2, 0.25) is 0 Å². The number of para-hydroxylation sites is 1. The van der Waals surface area contributed by atoms with Crippen LogP contribution in [-0.4, -0.2) is 38.2 Å². The van der Waals surface area contributed by atoms with Crippen molar-refractivity contribution in [3.05, 3.63) is 23.8 Å². The predicted molar refractivity (Wildman–Crippen MR) is 65.1 cm³/mol. The van der Waals surface area contributed by atoms with E-state index in [4.69, 9.17) is 4.74 Å². The largest absolute Gasteiger partial charge is 0.491 e. The second-order valence-electron chi connectivity index (χ2n) is 4.87. The van der Waals surface area contributed by atoms with Crippen LogP contribution in [0.15, 0.2) is 18.2 Å².